The molecule has 3 heterocycles. The Morgan fingerprint density at radius 2 is 0.667 bits per heavy atom. The summed E-state index contributed by atoms with van der Waals surface area (Å²) in [4.78, 5) is 0. The van der Waals surface area contributed by atoms with Crippen LogP contribution < -0.4 is 10.4 Å². The smallest absolute Gasteiger partial charge is 0.118 e. The summed E-state index contributed by atoms with van der Waals surface area (Å²) in [7, 11) is -1.74. The molecule has 0 aliphatic carbocycles. The normalized spacial score (nSPS) is 14.6. The number of hydrogen-bond donors (Lipinski definition) is 0. The molecular formula is C39H30N2Si. The van der Waals surface area contributed by atoms with E-state index in [-0.39, 0.29) is 0 Å². The van der Waals surface area contributed by atoms with Crippen molar-refractivity contribution in [3.05, 3.63) is 146 Å². The molecule has 200 valence electrons. The molecular weight excluding hydrogens is 525 g/mol. The second kappa shape index (κ2) is 9.07. The zero-order valence-corrected chi connectivity index (χ0v) is 24.4. The second-order valence-electron chi connectivity index (χ2n) is 11.8. The van der Waals surface area contributed by atoms with Crippen LogP contribution in [0.1, 0.15) is 6.42 Å². The van der Waals surface area contributed by atoms with Gasteiger partial charge in [-0.1, -0.05) is 114 Å². The lowest BCUT2D eigenvalue weighted by molar-refractivity contribution is 0.927. The molecule has 1 saturated heterocycles. The zero-order valence-electron chi connectivity index (χ0n) is 23.4. The zero-order chi connectivity index (χ0) is 27.7. The standard InChI is InChI=1S/C39H30N2Si/c1-5-14-36-32(10-1)33-11-2-6-15-37(33)40(36)28-18-22-30(23-19-28)42(26-9-27-42)31-24-20-29(21-25-31)41-38-16-7-3-12-34(38)35-13-4-8-17-39(35)41/h1-8,10-25H,9,26-27H2. The Labute approximate surface area is 246 Å². The van der Waals surface area contributed by atoms with Gasteiger partial charge in [0, 0.05) is 32.9 Å². The summed E-state index contributed by atoms with van der Waals surface area (Å²) in [5.74, 6) is 0. The molecule has 0 radical (unpaired) electrons. The van der Waals surface area contributed by atoms with Gasteiger partial charge in [0.2, 0.25) is 0 Å². The molecule has 1 fully saturated rings. The highest BCUT2D eigenvalue weighted by molar-refractivity contribution is 7.04. The highest BCUT2D eigenvalue weighted by Gasteiger charge is 2.42. The lowest BCUT2D eigenvalue weighted by Gasteiger charge is -2.41. The van der Waals surface area contributed by atoms with Crippen LogP contribution in [0, 0.1) is 0 Å². The van der Waals surface area contributed by atoms with E-state index in [0.29, 0.717) is 0 Å². The number of nitrogens with zero attached hydrogens (tertiary/aromatic N) is 2. The first kappa shape index (κ1) is 23.8. The van der Waals surface area contributed by atoms with E-state index in [2.05, 4.69) is 155 Å². The fraction of sp³-hybridized carbons (Fsp3) is 0.0769. The van der Waals surface area contributed by atoms with Crippen molar-refractivity contribution in [2.24, 2.45) is 0 Å². The lowest BCUT2D eigenvalue weighted by Crippen LogP contribution is -2.62. The Balaban J connectivity index is 1.12. The molecule has 0 atom stereocenters. The largest absolute Gasteiger partial charge is 0.309 e. The maximum atomic E-state index is 2.44. The maximum Gasteiger partial charge on any atom is 0.118 e. The van der Waals surface area contributed by atoms with E-state index in [1.54, 1.807) is 10.4 Å². The van der Waals surface area contributed by atoms with Crippen LogP contribution in [0.3, 0.4) is 0 Å². The number of rotatable bonds is 4. The fourth-order valence-corrected chi connectivity index (χ4v) is 11.7. The van der Waals surface area contributed by atoms with E-state index in [1.807, 2.05) is 0 Å². The lowest BCUT2D eigenvalue weighted by atomic mass is 10.2. The number of benzene rings is 6. The molecule has 9 rings (SSSR count). The molecule has 0 N–H and O–H groups in total. The topological polar surface area (TPSA) is 9.86 Å². The molecule has 1 aliphatic rings. The van der Waals surface area contributed by atoms with Crippen LogP contribution in [0.4, 0.5) is 0 Å². The third-order valence-corrected chi connectivity index (χ3v) is 15.0. The van der Waals surface area contributed by atoms with Gasteiger partial charge < -0.3 is 9.13 Å². The predicted molar refractivity (Wildman–Crippen MR) is 181 cm³/mol. The third-order valence-electron chi connectivity index (χ3n) is 9.72. The molecule has 0 spiro atoms. The van der Waals surface area contributed by atoms with Crippen LogP contribution in [-0.2, 0) is 0 Å². The van der Waals surface area contributed by atoms with Crippen molar-refractivity contribution in [3.8, 4) is 11.4 Å². The van der Waals surface area contributed by atoms with E-state index in [9.17, 15) is 0 Å². The van der Waals surface area contributed by atoms with Gasteiger partial charge in [-0.25, -0.2) is 0 Å². The first-order valence-electron chi connectivity index (χ1n) is 15.0. The minimum Gasteiger partial charge on any atom is -0.309 e. The summed E-state index contributed by atoms with van der Waals surface area (Å²) in [6.45, 7) is 0. The summed E-state index contributed by atoms with van der Waals surface area (Å²) >= 11 is 0. The van der Waals surface area contributed by atoms with Gasteiger partial charge in [-0.05, 0) is 60.6 Å². The summed E-state index contributed by atoms with van der Waals surface area (Å²) in [5.41, 5.74) is 7.54. The van der Waals surface area contributed by atoms with Crippen molar-refractivity contribution >= 4 is 62.1 Å². The van der Waals surface area contributed by atoms with Crippen molar-refractivity contribution in [1.29, 1.82) is 0 Å². The van der Waals surface area contributed by atoms with Crippen LogP contribution >= 0.6 is 0 Å². The van der Waals surface area contributed by atoms with Crippen molar-refractivity contribution in [1.82, 2.24) is 9.13 Å². The van der Waals surface area contributed by atoms with Gasteiger partial charge in [-0.3, -0.25) is 0 Å². The van der Waals surface area contributed by atoms with E-state index in [1.165, 1.54) is 73.5 Å². The van der Waals surface area contributed by atoms with Gasteiger partial charge in [-0.15, -0.1) is 0 Å². The fourth-order valence-electron chi connectivity index (χ4n) is 7.53. The molecule has 0 amide bonds. The van der Waals surface area contributed by atoms with Gasteiger partial charge in [0.1, 0.15) is 8.07 Å². The average Bonchev–Trinajstić information content (AvgIpc) is 3.55. The van der Waals surface area contributed by atoms with Gasteiger partial charge >= 0.3 is 0 Å². The molecule has 8 aromatic rings. The van der Waals surface area contributed by atoms with Gasteiger partial charge in [-0.2, -0.15) is 0 Å². The Morgan fingerprint density at radius 3 is 0.952 bits per heavy atom. The monoisotopic (exact) mass is 554 g/mol. The van der Waals surface area contributed by atoms with Crippen molar-refractivity contribution in [2.45, 2.75) is 18.5 Å². The Morgan fingerprint density at radius 1 is 0.357 bits per heavy atom. The van der Waals surface area contributed by atoms with E-state index in [4.69, 9.17) is 0 Å². The Hall–Kier alpha value is -4.86. The van der Waals surface area contributed by atoms with Crippen molar-refractivity contribution in [2.75, 3.05) is 0 Å². The highest BCUT2D eigenvalue weighted by Crippen LogP contribution is 2.35. The number of fused-ring (bicyclic) bond motifs is 6. The molecule has 2 aromatic heterocycles. The summed E-state index contributed by atoms with van der Waals surface area (Å²) in [6, 6.07) is 56.9. The predicted octanol–water partition coefficient (Wildman–Crippen LogP) is 8.85. The minimum atomic E-state index is -1.74. The van der Waals surface area contributed by atoms with Crippen LogP contribution in [-0.4, -0.2) is 17.2 Å². The number of para-hydroxylation sites is 4. The quantitative estimate of drug-likeness (QED) is 0.192. The number of hydrogen-bond acceptors (Lipinski definition) is 0. The third kappa shape index (κ3) is 3.32. The minimum absolute atomic E-state index is 1.24. The van der Waals surface area contributed by atoms with Crippen molar-refractivity contribution in [3.63, 3.8) is 0 Å². The van der Waals surface area contributed by atoms with Gasteiger partial charge in [0.05, 0.1) is 22.1 Å². The maximum absolute atomic E-state index is 2.44. The van der Waals surface area contributed by atoms with E-state index in [0.717, 1.165) is 0 Å². The van der Waals surface area contributed by atoms with Gasteiger partial charge in [0.15, 0.2) is 0 Å². The second-order valence-corrected chi connectivity index (χ2v) is 16.1. The average molecular weight is 555 g/mol. The van der Waals surface area contributed by atoms with Crippen LogP contribution in [0.15, 0.2) is 146 Å². The molecule has 6 aromatic carbocycles. The molecule has 0 unspecified atom stereocenters. The molecule has 0 saturated carbocycles. The van der Waals surface area contributed by atoms with E-state index >= 15 is 0 Å². The molecule has 3 heteroatoms. The SMILES string of the molecule is c1ccc2c(c1)c1ccccc1n2-c1ccc([Si]2(c3ccc(-n4c5ccccc5c5ccccc54)cc3)CCC2)cc1. The first-order chi connectivity index (χ1) is 20.8. The molecule has 1 aliphatic heterocycles. The Kier molecular flexibility index (Phi) is 5.14. The first-order valence-corrected chi connectivity index (χ1v) is 17.4. The van der Waals surface area contributed by atoms with Crippen LogP contribution in [0.2, 0.25) is 12.1 Å². The molecule has 42 heavy (non-hydrogen) atoms. The summed E-state index contributed by atoms with van der Waals surface area (Å²) < 4.78 is 4.84. The summed E-state index contributed by atoms with van der Waals surface area (Å²) in [6.07, 6.45) is 1.33. The molecule has 0 bridgehead atoms. The van der Waals surface area contributed by atoms with Crippen LogP contribution in [0.25, 0.3) is 55.0 Å². The van der Waals surface area contributed by atoms with Crippen LogP contribution in [0.5, 0.6) is 0 Å². The molecule has 2 nitrogen and oxygen atoms in total. The van der Waals surface area contributed by atoms with Gasteiger partial charge in [0.25, 0.3) is 0 Å². The Bertz CT molecular complexity index is 2000. The number of aromatic nitrogens is 2. The summed E-state index contributed by atoms with van der Waals surface area (Å²) in [5, 5.41) is 8.36. The van der Waals surface area contributed by atoms with Crippen molar-refractivity contribution < 1.29 is 0 Å². The highest BCUT2D eigenvalue weighted by atomic mass is 28.3. The van der Waals surface area contributed by atoms with E-state index < -0.39 is 8.07 Å².